The Morgan fingerprint density at radius 3 is 2.72 bits per heavy atom. The Kier molecular flexibility index (Phi) is 3.96. The highest BCUT2D eigenvalue weighted by Crippen LogP contribution is 2.30. The summed E-state index contributed by atoms with van der Waals surface area (Å²) in [4.78, 5) is 4.76. The van der Waals surface area contributed by atoms with E-state index in [9.17, 15) is 8.42 Å². The van der Waals surface area contributed by atoms with Crippen LogP contribution in [-0.2, 0) is 10.0 Å². The van der Waals surface area contributed by atoms with Crippen molar-refractivity contribution in [3.05, 3.63) is 38.2 Å². The van der Waals surface area contributed by atoms with Gasteiger partial charge in [-0.05, 0) is 41.1 Å². The third-order valence-electron chi connectivity index (χ3n) is 2.11. The number of aryl methyl sites for hydroxylation is 1. The molecule has 2 heterocycles. The van der Waals surface area contributed by atoms with Crippen molar-refractivity contribution >= 4 is 54.6 Å². The molecule has 18 heavy (non-hydrogen) atoms. The van der Waals surface area contributed by atoms with Crippen molar-refractivity contribution in [3.63, 3.8) is 0 Å². The van der Waals surface area contributed by atoms with Crippen molar-refractivity contribution in [1.82, 2.24) is 4.98 Å². The lowest BCUT2D eigenvalue weighted by molar-refractivity contribution is 0.601. The largest absolute Gasteiger partial charge is 0.279 e. The third-order valence-corrected chi connectivity index (χ3v) is 5.51. The number of halogens is 2. The maximum absolute atomic E-state index is 12.2. The Balaban J connectivity index is 2.36. The zero-order valence-corrected chi connectivity index (χ0v) is 13.1. The number of thiophene rings is 1. The lowest BCUT2D eigenvalue weighted by atomic mass is 10.4. The maximum Gasteiger partial charge on any atom is 0.263 e. The summed E-state index contributed by atoms with van der Waals surface area (Å²) < 4.78 is 27.6. The van der Waals surface area contributed by atoms with Gasteiger partial charge in [-0.1, -0.05) is 11.6 Å². The van der Waals surface area contributed by atoms with Crippen LogP contribution >= 0.6 is 38.9 Å². The van der Waals surface area contributed by atoms with Crippen LogP contribution in [0.25, 0.3) is 0 Å². The van der Waals surface area contributed by atoms with E-state index in [1.165, 1.54) is 23.6 Å². The molecule has 0 radical (unpaired) electrons. The number of pyridine rings is 1. The number of rotatable bonds is 3. The third kappa shape index (κ3) is 3.03. The summed E-state index contributed by atoms with van der Waals surface area (Å²) in [6, 6.07) is 4.57. The van der Waals surface area contributed by atoms with Gasteiger partial charge in [-0.15, -0.1) is 11.3 Å². The Morgan fingerprint density at radius 2 is 2.17 bits per heavy atom. The molecule has 0 amide bonds. The first-order valence-corrected chi connectivity index (χ1v) is 8.26. The Bertz CT molecular complexity index is 685. The fourth-order valence-corrected chi connectivity index (χ4v) is 5.01. The van der Waals surface area contributed by atoms with Crippen LogP contribution in [0.1, 0.15) is 4.88 Å². The molecule has 0 saturated heterocycles. The molecule has 0 aliphatic heterocycles. The molecule has 0 aromatic carbocycles. The molecule has 0 fully saturated rings. The van der Waals surface area contributed by atoms with Crippen LogP contribution in [0, 0.1) is 6.92 Å². The molecule has 2 aromatic heterocycles. The van der Waals surface area contributed by atoms with Crippen LogP contribution in [-0.4, -0.2) is 13.4 Å². The van der Waals surface area contributed by atoms with E-state index in [2.05, 4.69) is 25.6 Å². The second-order valence-corrected chi connectivity index (χ2v) is 8.12. The minimum Gasteiger partial charge on any atom is -0.279 e. The van der Waals surface area contributed by atoms with Crippen molar-refractivity contribution < 1.29 is 8.42 Å². The monoisotopic (exact) mass is 366 g/mol. The van der Waals surface area contributed by atoms with Crippen LogP contribution < -0.4 is 4.72 Å². The van der Waals surface area contributed by atoms with E-state index in [0.29, 0.717) is 5.69 Å². The average Bonchev–Trinajstić information content (AvgIpc) is 2.58. The van der Waals surface area contributed by atoms with E-state index in [1.54, 1.807) is 19.1 Å². The molecule has 0 spiro atoms. The number of nitrogens with zero attached hydrogens (tertiary/aromatic N) is 1. The van der Waals surface area contributed by atoms with Crippen molar-refractivity contribution in [2.75, 3.05) is 4.72 Å². The summed E-state index contributed by atoms with van der Waals surface area (Å²) in [5.41, 5.74) is 0.386. The van der Waals surface area contributed by atoms with Crippen molar-refractivity contribution in [1.29, 1.82) is 0 Å². The molecule has 0 bridgehead atoms. The summed E-state index contributed by atoms with van der Waals surface area (Å²) in [5.74, 6) is 0. The van der Waals surface area contributed by atoms with E-state index in [0.717, 1.165) is 8.66 Å². The van der Waals surface area contributed by atoms with Gasteiger partial charge in [0.2, 0.25) is 0 Å². The summed E-state index contributed by atoms with van der Waals surface area (Å²) in [5, 5.41) is 0.235. The number of anilines is 1. The van der Waals surface area contributed by atoms with Gasteiger partial charge < -0.3 is 0 Å². The van der Waals surface area contributed by atoms with Crippen molar-refractivity contribution in [2.24, 2.45) is 0 Å². The minimum absolute atomic E-state index is 0.235. The highest BCUT2D eigenvalue weighted by molar-refractivity contribution is 9.11. The van der Waals surface area contributed by atoms with Gasteiger partial charge in [-0.2, -0.15) is 0 Å². The first-order chi connectivity index (χ1) is 8.38. The Hall–Kier alpha value is -0.630. The average molecular weight is 368 g/mol. The highest BCUT2D eigenvalue weighted by Gasteiger charge is 2.19. The zero-order chi connectivity index (χ0) is 13.3. The molecule has 0 atom stereocenters. The van der Waals surface area contributed by atoms with Crippen molar-refractivity contribution in [2.45, 2.75) is 11.8 Å². The van der Waals surface area contributed by atoms with E-state index in [4.69, 9.17) is 11.6 Å². The van der Waals surface area contributed by atoms with Crippen LogP contribution in [0.15, 0.2) is 33.1 Å². The predicted molar refractivity (Wildman–Crippen MR) is 76.8 cm³/mol. The summed E-state index contributed by atoms with van der Waals surface area (Å²) in [6.45, 7) is 1.75. The SMILES string of the molecule is Cc1sc(Br)cc1S(=O)(=O)Nc1ccnc(Cl)c1. The van der Waals surface area contributed by atoms with Crippen LogP contribution in [0.3, 0.4) is 0 Å². The summed E-state index contributed by atoms with van der Waals surface area (Å²) in [7, 11) is -3.60. The van der Waals surface area contributed by atoms with E-state index in [-0.39, 0.29) is 10.0 Å². The van der Waals surface area contributed by atoms with Crippen LogP contribution in [0.4, 0.5) is 5.69 Å². The number of nitrogens with one attached hydrogen (secondary N) is 1. The summed E-state index contributed by atoms with van der Waals surface area (Å²) >= 11 is 10.3. The van der Waals surface area contributed by atoms with Gasteiger partial charge in [-0.3, -0.25) is 4.72 Å². The van der Waals surface area contributed by atoms with Gasteiger partial charge in [0.1, 0.15) is 10.0 Å². The predicted octanol–water partition coefficient (Wildman–Crippen LogP) is 3.67. The van der Waals surface area contributed by atoms with Gasteiger partial charge in [0.05, 0.1) is 9.47 Å². The number of hydrogen-bond donors (Lipinski definition) is 1. The molecule has 2 aromatic rings. The van der Waals surface area contributed by atoms with Gasteiger partial charge in [0.25, 0.3) is 10.0 Å². The molecule has 0 aliphatic rings. The smallest absolute Gasteiger partial charge is 0.263 e. The van der Waals surface area contributed by atoms with Crippen LogP contribution in [0.5, 0.6) is 0 Å². The van der Waals surface area contributed by atoms with Crippen molar-refractivity contribution in [3.8, 4) is 0 Å². The molecular weight excluding hydrogens is 360 g/mol. The standard InChI is InChI=1S/C10H8BrClN2O2S2/c1-6-8(5-9(11)17-6)18(15,16)14-7-2-3-13-10(12)4-7/h2-5H,1H3,(H,13,14). The zero-order valence-electron chi connectivity index (χ0n) is 9.15. The molecule has 4 nitrogen and oxygen atoms in total. The topological polar surface area (TPSA) is 59.1 Å². The highest BCUT2D eigenvalue weighted by atomic mass is 79.9. The van der Waals surface area contributed by atoms with Gasteiger partial charge in [0.15, 0.2) is 0 Å². The first-order valence-electron chi connectivity index (χ1n) is 4.79. The second-order valence-electron chi connectivity index (χ2n) is 3.44. The first kappa shape index (κ1) is 13.8. The number of hydrogen-bond acceptors (Lipinski definition) is 4. The second kappa shape index (κ2) is 5.16. The minimum atomic E-state index is -3.60. The molecular formula is C10H8BrClN2O2S2. The molecule has 0 unspecified atom stereocenters. The van der Waals surface area contributed by atoms with E-state index >= 15 is 0 Å². The van der Waals surface area contributed by atoms with E-state index in [1.807, 2.05) is 0 Å². The van der Waals surface area contributed by atoms with Gasteiger partial charge >= 0.3 is 0 Å². The molecule has 8 heteroatoms. The molecule has 0 saturated carbocycles. The molecule has 0 aliphatic carbocycles. The molecule has 1 N–H and O–H groups in total. The Labute approximate surface area is 122 Å². The number of sulfonamides is 1. The van der Waals surface area contributed by atoms with E-state index < -0.39 is 10.0 Å². The number of aromatic nitrogens is 1. The lowest BCUT2D eigenvalue weighted by Gasteiger charge is -2.07. The van der Waals surface area contributed by atoms with Gasteiger partial charge in [-0.25, -0.2) is 13.4 Å². The maximum atomic E-state index is 12.2. The molecule has 2 rings (SSSR count). The van der Waals surface area contributed by atoms with Gasteiger partial charge in [0, 0.05) is 11.1 Å². The fraction of sp³-hybridized carbons (Fsp3) is 0.100. The normalized spacial score (nSPS) is 11.5. The summed E-state index contributed by atoms with van der Waals surface area (Å²) in [6.07, 6.45) is 1.44. The lowest BCUT2D eigenvalue weighted by Crippen LogP contribution is -2.13. The van der Waals surface area contributed by atoms with Crippen LogP contribution in [0.2, 0.25) is 5.15 Å². The quantitative estimate of drug-likeness (QED) is 0.842. The fourth-order valence-electron chi connectivity index (χ4n) is 1.37. The Morgan fingerprint density at radius 1 is 1.44 bits per heavy atom. The molecule has 96 valence electrons.